The monoisotopic (exact) mass is 267 g/mol. The van der Waals surface area contributed by atoms with Crippen LogP contribution >= 0.6 is 0 Å². The Hall–Kier alpha value is -0.570. The average Bonchev–Trinajstić information content (AvgIpc) is 2.25. The van der Waals surface area contributed by atoms with Crippen LogP contribution in [-0.2, 0) is 4.79 Å². The topological polar surface area (TPSA) is 40.5 Å². The van der Waals surface area contributed by atoms with E-state index in [9.17, 15) is 4.79 Å². The van der Waals surface area contributed by atoms with Gasteiger partial charge in [-0.15, -0.1) is 0 Å². The Morgan fingerprint density at radius 1 is 1.11 bits per heavy atom. The van der Waals surface area contributed by atoms with Crippen LogP contribution in [0.25, 0.3) is 0 Å². The molecular formula is C16H29NO2. The Kier molecular flexibility index (Phi) is 4.54. The highest BCUT2D eigenvalue weighted by molar-refractivity contribution is 5.67. The summed E-state index contributed by atoms with van der Waals surface area (Å²) in [5, 5.41) is 8.74. The number of hydrogen-bond donors (Lipinski definition) is 1. The molecule has 0 bridgehead atoms. The second-order valence-electron chi connectivity index (χ2n) is 7.77. The van der Waals surface area contributed by atoms with Gasteiger partial charge in [-0.1, -0.05) is 20.8 Å². The lowest BCUT2D eigenvalue weighted by molar-refractivity contribution is -0.139. The first-order valence-corrected chi connectivity index (χ1v) is 7.78. The predicted octanol–water partition coefficient (Wildman–Crippen LogP) is 3.25. The van der Waals surface area contributed by atoms with Crippen LogP contribution in [0.5, 0.6) is 0 Å². The third-order valence-electron chi connectivity index (χ3n) is 5.08. The van der Waals surface area contributed by atoms with E-state index in [2.05, 4.69) is 25.7 Å². The second kappa shape index (κ2) is 5.82. The molecule has 3 nitrogen and oxygen atoms in total. The van der Waals surface area contributed by atoms with Crippen LogP contribution in [-0.4, -0.2) is 35.6 Å². The molecule has 110 valence electrons. The lowest BCUT2D eigenvalue weighted by atomic mass is 9.69. The summed E-state index contributed by atoms with van der Waals surface area (Å²) >= 11 is 0. The molecule has 1 saturated carbocycles. The van der Waals surface area contributed by atoms with Crippen molar-refractivity contribution in [3.05, 3.63) is 0 Å². The number of rotatable bonds is 4. The Morgan fingerprint density at radius 2 is 1.68 bits per heavy atom. The summed E-state index contributed by atoms with van der Waals surface area (Å²) in [6, 6.07) is 0. The SMILES string of the molecule is CC(C)(C)C1CCC(CN2CC(CC(=O)O)C2)CC1. The quantitative estimate of drug-likeness (QED) is 0.850. The van der Waals surface area contributed by atoms with Gasteiger partial charge in [-0.3, -0.25) is 4.79 Å². The van der Waals surface area contributed by atoms with Gasteiger partial charge in [-0.05, 0) is 48.9 Å². The smallest absolute Gasteiger partial charge is 0.303 e. The molecular weight excluding hydrogens is 238 g/mol. The molecule has 3 heteroatoms. The summed E-state index contributed by atoms with van der Waals surface area (Å²) in [6.45, 7) is 10.3. The van der Waals surface area contributed by atoms with Crippen molar-refractivity contribution in [2.75, 3.05) is 19.6 Å². The Labute approximate surface area is 117 Å². The van der Waals surface area contributed by atoms with Crippen molar-refractivity contribution >= 4 is 5.97 Å². The molecule has 19 heavy (non-hydrogen) atoms. The van der Waals surface area contributed by atoms with Gasteiger partial charge in [-0.2, -0.15) is 0 Å². The van der Waals surface area contributed by atoms with Crippen LogP contribution in [0, 0.1) is 23.2 Å². The molecule has 1 aliphatic carbocycles. The number of hydrogen-bond acceptors (Lipinski definition) is 2. The third-order valence-corrected chi connectivity index (χ3v) is 5.08. The standard InChI is InChI=1S/C16H29NO2/c1-16(2,3)14-6-4-12(5-7-14)9-17-10-13(11-17)8-15(18)19/h12-14H,4-11H2,1-3H3,(H,18,19). The molecule has 0 spiro atoms. The molecule has 0 aromatic heterocycles. The molecule has 0 unspecified atom stereocenters. The Balaban J connectivity index is 1.64. The molecule has 1 aliphatic heterocycles. The Bertz CT molecular complexity index is 307. The largest absolute Gasteiger partial charge is 0.481 e. The summed E-state index contributed by atoms with van der Waals surface area (Å²) in [5.41, 5.74) is 0.467. The van der Waals surface area contributed by atoms with Gasteiger partial charge < -0.3 is 10.0 Å². The average molecular weight is 267 g/mol. The first-order valence-electron chi connectivity index (χ1n) is 7.78. The zero-order valence-corrected chi connectivity index (χ0v) is 12.7. The lowest BCUT2D eigenvalue weighted by Gasteiger charge is -2.43. The van der Waals surface area contributed by atoms with Crippen LogP contribution in [0.1, 0.15) is 52.9 Å². The minimum atomic E-state index is -0.643. The molecule has 1 N–H and O–H groups in total. The number of aliphatic carboxylic acids is 1. The highest BCUT2D eigenvalue weighted by atomic mass is 16.4. The number of carbonyl (C=O) groups is 1. The first-order chi connectivity index (χ1) is 8.84. The van der Waals surface area contributed by atoms with E-state index in [1.54, 1.807) is 0 Å². The number of carboxylic acids is 1. The fourth-order valence-corrected chi connectivity index (χ4v) is 3.78. The van der Waals surface area contributed by atoms with Crippen LogP contribution < -0.4 is 0 Å². The van der Waals surface area contributed by atoms with Gasteiger partial charge in [0.15, 0.2) is 0 Å². The molecule has 2 fully saturated rings. The van der Waals surface area contributed by atoms with E-state index in [4.69, 9.17) is 5.11 Å². The van der Waals surface area contributed by atoms with Gasteiger partial charge in [0.05, 0.1) is 6.42 Å². The molecule has 2 rings (SSSR count). The number of likely N-dealkylation sites (tertiary alicyclic amines) is 1. The van der Waals surface area contributed by atoms with Gasteiger partial charge in [0.25, 0.3) is 0 Å². The van der Waals surface area contributed by atoms with Crippen molar-refractivity contribution in [1.29, 1.82) is 0 Å². The highest BCUT2D eigenvalue weighted by Gasteiger charge is 2.33. The fourth-order valence-electron chi connectivity index (χ4n) is 3.78. The molecule has 1 saturated heterocycles. The van der Waals surface area contributed by atoms with E-state index in [1.807, 2.05) is 0 Å². The molecule has 0 aromatic rings. The normalized spacial score (nSPS) is 30.1. The van der Waals surface area contributed by atoms with E-state index in [0.717, 1.165) is 24.9 Å². The minimum absolute atomic E-state index is 0.354. The van der Waals surface area contributed by atoms with Crippen molar-refractivity contribution < 1.29 is 9.90 Å². The van der Waals surface area contributed by atoms with Crippen LogP contribution in [0.15, 0.2) is 0 Å². The molecule has 0 amide bonds. The first kappa shape index (κ1) is 14.8. The number of nitrogens with zero attached hydrogens (tertiary/aromatic N) is 1. The summed E-state index contributed by atoms with van der Waals surface area (Å²) in [7, 11) is 0. The van der Waals surface area contributed by atoms with Crippen LogP contribution in [0.4, 0.5) is 0 Å². The van der Waals surface area contributed by atoms with E-state index >= 15 is 0 Å². The molecule has 0 radical (unpaired) electrons. The van der Waals surface area contributed by atoms with Crippen molar-refractivity contribution in [2.24, 2.45) is 23.2 Å². The van der Waals surface area contributed by atoms with Gasteiger partial charge >= 0.3 is 5.97 Å². The zero-order chi connectivity index (χ0) is 14.0. The molecule has 0 aromatic carbocycles. The Morgan fingerprint density at radius 3 is 2.16 bits per heavy atom. The minimum Gasteiger partial charge on any atom is -0.481 e. The maximum atomic E-state index is 10.6. The second-order valence-corrected chi connectivity index (χ2v) is 7.77. The maximum Gasteiger partial charge on any atom is 0.303 e. The number of carboxylic acid groups (broad SMARTS) is 1. The van der Waals surface area contributed by atoms with Gasteiger partial charge in [0.2, 0.25) is 0 Å². The van der Waals surface area contributed by atoms with Crippen LogP contribution in [0.2, 0.25) is 0 Å². The summed E-state index contributed by atoms with van der Waals surface area (Å²) < 4.78 is 0. The van der Waals surface area contributed by atoms with Crippen molar-refractivity contribution in [1.82, 2.24) is 4.90 Å². The zero-order valence-electron chi connectivity index (χ0n) is 12.7. The molecule has 0 atom stereocenters. The van der Waals surface area contributed by atoms with E-state index in [0.29, 0.717) is 17.8 Å². The van der Waals surface area contributed by atoms with E-state index in [-0.39, 0.29) is 0 Å². The van der Waals surface area contributed by atoms with Gasteiger partial charge in [0, 0.05) is 19.6 Å². The van der Waals surface area contributed by atoms with E-state index < -0.39 is 5.97 Å². The molecule has 2 aliphatic rings. The fraction of sp³-hybridized carbons (Fsp3) is 0.938. The van der Waals surface area contributed by atoms with E-state index in [1.165, 1.54) is 32.2 Å². The van der Waals surface area contributed by atoms with Gasteiger partial charge in [0.1, 0.15) is 0 Å². The van der Waals surface area contributed by atoms with Gasteiger partial charge in [-0.25, -0.2) is 0 Å². The van der Waals surface area contributed by atoms with Crippen LogP contribution in [0.3, 0.4) is 0 Å². The summed E-state index contributed by atoms with van der Waals surface area (Å²) in [4.78, 5) is 13.1. The van der Waals surface area contributed by atoms with Crippen molar-refractivity contribution in [3.8, 4) is 0 Å². The predicted molar refractivity (Wildman–Crippen MR) is 77.1 cm³/mol. The molecule has 1 heterocycles. The van der Waals surface area contributed by atoms with Crippen molar-refractivity contribution in [3.63, 3.8) is 0 Å². The highest BCUT2D eigenvalue weighted by Crippen LogP contribution is 2.40. The third kappa shape index (κ3) is 4.20. The lowest BCUT2D eigenvalue weighted by Crippen LogP contribution is -2.49. The summed E-state index contributed by atoms with van der Waals surface area (Å²) in [5.74, 6) is 1.50. The summed E-state index contributed by atoms with van der Waals surface area (Å²) in [6.07, 6.45) is 5.83. The van der Waals surface area contributed by atoms with Crippen molar-refractivity contribution in [2.45, 2.75) is 52.9 Å². The maximum absolute atomic E-state index is 10.6.